The minimum atomic E-state index is -0.0535. The number of carbonyl (C=O) groups is 2. The topological polar surface area (TPSA) is 58.2 Å². The van der Waals surface area contributed by atoms with Crippen LogP contribution in [0.5, 0.6) is 0 Å². The second kappa shape index (κ2) is 11.0. The predicted molar refractivity (Wildman–Crippen MR) is 113 cm³/mol. The second-order valence-corrected chi connectivity index (χ2v) is 7.98. The molecule has 1 unspecified atom stereocenters. The lowest BCUT2D eigenvalue weighted by molar-refractivity contribution is -0.124. The molecule has 2 rings (SSSR count). The minimum Gasteiger partial charge on any atom is -0.354 e. The number of benzene rings is 2. The maximum atomic E-state index is 12.2. The molecule has 0 aliphatic heterocycles. The molecule has 0 spiro atoms. The van der Waals surface area contributed by atoms with E-state index in [1.165, 1.54) is 0 Å². The van der Waals surface area contributed by atoms with Crippen LogP contribution in [0.4, 0.5) is 0 Å². The van der Waals surface area contributed by atoms with Gasteiger partial charge in [0.15, 0.2) is 0 Å². The van der Waals surface area contributed by atoms with Crippen LogP contribution in [0.15, 0.2) is 54.6 Å². The van der Waals surface area contributed by atoms with Crippen LogP contribution in [0.25, 0.3) is 0 Å². The zero-order chi connectivity index (χ0) is 19.6. The summed E-state index contributed by atoms with van der Waals surface area (Å²) in [5.74, 6) is 0.224. The highest BCUT2D eigenvalue weighted by molar-refractivity contribution is 8.00. The van der Waals surface area contributed by atoms with Gasteiger partial charge >= 0.3 is 0 Å². The van der Waals surface area contributed by atoms with Crippen LogP contribution in [-0.2, 0) is 9.59 Å². The van der Waals surface area contributed by atoms with Crippen molar-refractivity contribution in [2.45, 2.75) is 19.1 Å². The molecule has 2 amide bonds. The van der Waals surface area contributed by atoms with Gasteiger partial charge in [0.2, 0.25) is 11.8 Å². The average molecular weight is 405 g/mol. The van der Waals surface area contributed by atoms with E-state index in [-0.39, 0.29) is 23.0 Å². The molecule has 0 saturated heterocycles. The maximum absolute atomic E-state index is 12.2. The Morgan fingerprint density at radius 2 is 1.52 bits per heavy atom. The highest BCUT2D eigenvalue weighted by Crippen LogP contribution is 2.35. The van der Waals surface area contributed by atoms with E-state index in [4.69, 9.17) is 11.6 Å². The lowest BCUT2D eigenvalue weighted by Crippen LogP contribution is -2.37. The van der Waals surface area contributed by atoms with Crippen LogP contribution < -0.4 is 10.6 Å². The first-order chi connectivity index (χ1) is 13.0. The van der Waals surface area contributed by atoms with Gasteiger partial charge in [0.1, 0.15) is 0 Å². The van der Waals surface area contributed by atoms with Crippen LogP contribution in [-0.4, -0.2) is 30.7 Å². The zero-order valence-corrected chi connectivity index (χ0v) is 17.1. The number of amides is 2. The molecule has 0 heterocycles. The molecule has 2 N–H and O–H groups in total. The summed E-state index contributed by atoms with van der Waals surface area (Å²) in [5, 5.41) is 6.38. The number of thioether (sulfide) groups is 1. The highest BCUT2D eigenvalue weighted by atomic mass is 35.5. The van der Waals surface area contributed by atoms with Gasteiger partial charge in [-0.15, -0.1) is 11.8 Å². The third-order valence-electron chi connectivity index (χ3n) is 3.93. The molecule has 1 atom stereocenters. The summed E-state index contributed by atoms with van der Waals surface area (Å²) >= 11 is 7.57. The van der Waals surface area contributed by atoms with Crippen molar-refractivity contribution in [1.29, 1.82) is 0 Å². The summed E-state index contributed by atoms with van der Waals surface area (Å²) in [6.45, 7) is 4.54. The van der Waals surface area contributed by atoms with Crippen LogP contribution in [0.2, 0.25) is 5.02 Å². The Balaban J connectivity index is 1.89. The van der Waals surface area contributed by atoms with Gasteiger partial charge in [-0.25, -0.2) is 0 Å². The normalized spacial score (nSPS) is 11.9. The van der Waals surface area contributed by atoms with Crippen molar-refractivity contribution in [2.75, 3.05) is 18.8 Å². The summed E-state index contributed by atoms with van der Waals surface area (Å²) in [5.41, 5.74) is 2.24. The summed E-state index contributed by atoms with van der Waals surface area (Å²) in [6, 6.07) is 17.8. The number of rotatable bonds is 9. The Morgan fingerprint density at radius 3 is 2.15 bits per heavy atom. The summed E-state index contributed by atoms with van der Waals surface area (Å²) in [7, 11) is 0. The Bertz CT molecular complexity index is 736. The van der Waals surface area contributed by atoms with E-state index in [9.17, 15) is 9.59 Å². The lowest BCUT2D eigenvalue weighted by atomic mass is 10.0. The van der Waals surface area contributed by atoms with E-state index >= 15 is 0 Å². The lowest BCUT2D eigenvalue weighted by Gasteiger charge is -2.18. The van der Waals surface area contributed by atoms with Crippen molar-refractivity contribution in [3.63, 3.8) is 0 Å². The monoisotopic (exact) mass is 404 g/mol. The fraction of sp³-hybridized carbons (Fsp3) is 0.333. The molecular weight excluding hydrogens is 380 g/mol. The van der Waals surface area contributed by atoms with E-state index in [1.807, 2.05) is 56.3 Å². The molecule has 0 aliphatic rings. The standard InChI is InChI=1S/C21H25ClN2O2S/c1-15(2)21(26)24-13-12-23-19(25)14-27-20(16-6-4-3-5-7-16)17-8-10-18(22)11-9-17/h3-11,15,20H,12-14H2,1-2H3,(H,23,25)(H,24,26). The molecule has 144 valence electrons. The van der Waals surface area contributed by atoms with Gasteiger partial charge in [-0.1, -0.05) is 67.9 Å². The molecule has 0 fully saturated rings. The number of nitrogens with one attached hydrogen (secondary N) is 2. The third-order valence-corrected chi connectivity index (χ3v) is 5.49. The fourth-order valence-corrected chi connectivity index (χ4v) is 3.70. The number of carbonyl (C=O) groups excluding carboxylic acids is 2. The van der Waals surface area contributed by atoms with Gasteiger partial charge in [0.05, 0.1) is 11.0 Å². The first-order valence-electron chi connectivity index (χ1n) is 8.94. The first-order valence-corrected chi connectivity index (χ1v) is 10.4. The van der Waals surface area contributed by atoms with E-state index < -0.39 is 0 Å². The number of hydrogen-bond donors (Lipinski definition) is 2. The summed E-state index contributed by atoms with van der Waals surface area (Å²) in [6.07, 6.45) is 0. The van der Waals surface area contributed by atoms with E-state index in [0.29, 0.717) is 23.9 Å². The third kappa shape index (κ3) is 7.27. The minimum absolute atomic E-state index is 0.00879. The van der Waals surface area contributed by atoms with Gasteiger partial charge < -0.3 is 10.6 Å². The van der Waals surface area contributed by atoms with Gasteiger partial charge in [-0.2, -0.15) is 0 Å². The van der Waals surface area contributed by atoms with Crippen LogP contribution in [0.3, 0.4) is 0 Å². The molecule has 0 aliphatic carbocycles. The predicted octanol–water partition coefficient (Wildman–Crippen LogP) is 4.05. The van der Waals surface area contributed by atoms with Crippen LogP contribution in [0, 0.1) is 5.92 Å². The second-order valence-electron chi connectivity index (χ2n) is 6.45. The molecule has 0 aromatic heterocycles. The van der Waals surface area contributed by atoms with Gasteiger partial charge in [0.25, 0.3) is 0 Å². The van der Waals surface area contributed by atoms with E-state index in [2.05, 4.69) is 22.8 Å². The molecule has 6 heteroatoms. The zero-order valence-electron chi connectivity index (χ0n) is 15.6. The van der Waals surface area contributed by atoms with Gasteiger partial charge in [-0.3, -0.25) is 9.59 Å². The van der Waals surface area contributed by atoms with Crippen molar-refractivity contribution in [3.05, 3.63) is 70.7 Å². The first kappa shape index (κ1) is 21.3. The van der Waals surface area contributed by atoms with Crippen molar-refractivity contribution in [2.24, 2.45) is 5.92 Å². The van der Waals surface area contributed by atoms with Crippen molar-refractivity contribution < 1.29 is 9.59 Å². The van der Waals surface area contributed by atoms with Crippen LogP contribution in [0.1, 0.15) is 30.2 Å². The molecule has 27 heavy (non-hydrogen) atoms. The molecule has 4 nitrogen and oxygen atoms in total. The Hall–Kier alpha value is -1.98. The van der Waals surface area contributed by atoms with Crippen LogP contribution >= 0.6 is 23.4 Å². The van der Waals surface area contributed by atoms with Gasteiger partial charge in [0, 0.05) is 24.0 Å². The number of hydrogen-bond acceptors (Lipinski definition) is 3. The van der Waals surface area contributed by atoms with Crippen molar-refractivity contribution >= 4 is 35.2 Å². The molecule has 2 aromatic rings. The Kier molecular flexibility index (Phi) is 8.69. The fourth-order valence-electron chi connectivity index (χ4n) is 2.45. The largest absolute Gasteiger partial charge is 0.354 e. The smallest absolute Gasteiger partial charge is 0.230 e. The summed E-state index contributed by atoms with van der Waals surface area (Å²) < 4.78 is 0. The summed E-state index contributed by atoms with van der Waals surface area (Å²) in [4.78, 5) is 23.7. The van der Waals surface area contributed by atoms with Crippen molar-refractivity contribution in [1.82, 2.24) is 10.6 Å². The number of halogens is 1. The Morgan fingerprint density at radius 1 is 0.926 bits per heavy atom. The Labute approximate surface area is 170 Å². The van der Waals surface area contributed by atoms with E-state index in [0.717, 1.165) is 11.1 Å². The molecule has 0 bridgehead atoms. The SMILES string of the molecule is CC(C)C(=O)NCCNC(=O)CSC(c1ccccc1)c1ccc(Cl)cc1. The highest BCUT2D eigenvalue weighted by Gasteiger charge is 2.16. The van der Waals surface area contributed by atoms with E-state index in [1.54, 1.807) is 11.8 Å². The average Bonchev–Trinajstić information content (AvgIpc) is 2.67. The van der Waals surface area contributed by atoms with Gasteiger partial charge in [-0.05, 0) is 23.3 Å². The molecule has 0 radical (unpaired) electrons. The maximum Gasteiger partial charge on any atom is 0.230 e. The quantitative estimate of drug-likeness (QED) is 0.620. The van der Waals surface area contributed by atoms with Crippen molar-refractivity contribution in [3.8, 4) is 0 Å². The molecular formula is C21H25ClN2O2S. The molecule has 0 saturated carbocycles. The molecule has 2 aromatic carbocycles.